The molecule has 2 aromatic carbocycles. The first-order valence-electron chi connectivity index (χ1n) is 13.7. The number of benzene rings is 2. The fraction of sp³-hybridized carbons (Fsp3) is 0.412. The van der Waals surface area contributed by atoms with Crippen molar-refractivity contribution in [1.29, 1.82) is 0 Å². The predicted octanol–water partition coefficient (Wildman–Crippen LogP) is 10.4. The normalized spacial score (nSPS) is 22.1. The molecule has 2 aromatic heterocycles. The van der Waals surface area contributed by atoms with Crippen molar-refractivity contribution in [2.24, 2.45) is 11.8 Å². The van der Waals surface area contributed by atoms with E-state index < -0.39 is 0 Å². The van der Waals surface area contributed by atoms with Crippen molar-refractivity contribution in [3.05, 3.63) is 114 Å². The minimum absolute atomic E-state index is 0.201. The summed E-state index contributed by atoms with van der Waals surface area (Å²) in [5, 5.41) is 6.75. The second-order valence-corrected chi connectivity index (χ2v) is 16.7. The Balaban J connectivity index is 1.56. The van der Waals surface area contributed by atoms with E-state index in [-0.39, 0.29) is 15.1 Å². The van der Waals surface area contributed by atoms with Crippen LogP contribution >= 0.6 is 15.1 Å². The van der Waals surface area contributed by atoms with Gasteiger partial charge in [0.05, 0.1) is 0 Å². The van der Waals surface area contributed by atoms with Crippen molar-refractivity contribution in [3.8, 4) is 0 Å². The van der Waals surface area contributed by atoms with Crippen molar-refractivity contribution in [2.45, 2.75) is 79.5 Å². The van der Waals surface area contributed by atoms with Crippen molar-refractivity contribution in [1.82, 2.24) is 0 Å². The Kier molecular flexibility index (Phi) is 5.94. The molecule has 3 aliphatic rings. The van der Waals surface area contributed by atoms with Gasteiger partial charge in [0.2, 0.25) is 0 Å². The third-order valence-corrected chi connectivity index (χ3v) is 16.6. The van der Waals surface area contributed by atoms with Crippen LogP contribution in [-0.2, 0) is 12.3 Å². The molecule has 0 nitrogen and oxygen atoms in total. The Morgan fingerprint density at radius 3 is 0.944 bits per heavy atom. The summed E-state index contributed by atoms with van der Waals surface area (Å²) >= 11 is 0. The molecule has 0 unspecified atom stereocenters. The highest BCUT2D eigenvalue weighted by atomic mass is 31.1. The molecule has 0 aliphatic heterocycles. The van der Waals surface area contributed by atoms with E-state index in [1.165, 1.54) is 12.3 Å². The van der Waals surface area contributed by atoms with E-state index >= 15 is 0 Å². The third kappa shape index (κ3) is 3.34. The number of fused-ring (bicyclic) bond motifs is 1. The van der Waals surface area contributed by atoms with Gasteiger partial charge in [-0.1, -0.05) is 48.5 Å². The Hall–Kier alpha value is -2.00. The number of rotatable bonds is 4. The van der Waals surface area contributed by atoms with Gasteiger partial charge >= 0.3 is 0 Å². The Bertz CT molecular complexity index is 1280. The van der Waals surface area contributed by atoms with Crippen LogP contribution in [0.1, 0.15) is 77.5 Å². The van der Waals surface area contributed by atoms with E-state index in [0.29, 0.717) is 23.7 Å². The number of hydrogen-bond acceptors (Lipinski definition) is 0. The number of hydrogen-bond donors (Lipinski definition) is 0. The molecule has 0 spiro atoms. The molecular formula is C34H40P2. The quantitative estimate of drug-likeness (QED) is 0.256. The Morgan fingerprint density at radius 2 is 0.694 bits per heavy atom. The molecule has 2 bridgehead atoms. The van der Waals surface area contributed by atoms with Gasteiger partial charge in [-0.05, 0) is 145 Å². The fourth-order valence-corrected chi connectivity index (χ4v) is 14.0. The maximum Gasteiger partial charge on any atom is 0.0133 e. The monoisotopic (exact) mass is 510 g/mol. The van der Waals surface area contributed by atoms with Crippen molar-refractivity contribution < 1.29 is 0 Å². The largest absolute Gasteiger partial charge is 0.118 e. The van der Waals surface area contributed by atoms with Crippen LogP contribution in [0.25, 0.3) is 0 Å². The van der Waals surface area contributed by atoms with Crippen LogP contribution in [0.2, 0.25) is 0 Å². The lowest BCUT2D eigenvalue weighted by molar-refractivity contribution is 0.251. The SMILES string of the molecule is Cc1c(C)c(C)p(C[C@@H]2C3c4ccccc4C(c4ccccc43)[C@H]2Cp2c(C)c(C)c(C)c2C)c1C. The molecule has 0 radical (unpaired) electrons. The highest BCUT2D eigenvalue weighted by molar-refractivity contribution is 7.51. The molecule has 2 atom stereocenters. The van der Waals surface area contributed by atoms with Gasteiger partial charge in [0.1, 0.15) is 0 Å². The first-order valence-corrected chi connectivity index (χ1v) is 16.7. The fourth-order valence-electron chi connectivity index (χ4n) is 7.76. The second kappa shape index (κ2) is 8.79. The smallest absolute Gasteiger partial charge is 0.0133 e. The molecule has 2 heterocycles. The minimum Gasteiger partial charge on any atom is -0.118 e. The van der Waals surface area contributed by atoms with Gasteiger partial charge in [0, 0.05) is 11.8 Å². The van der Waals surface area contributed by atoms with Gasteiger partial charge in [0.25, 0.3) is 0 Å². The van der Waals surface area contributed by atoms with Gasteiger partial charge in [-0.25, -0.2) is 0 Å². The molecule has 2 heteroatoms. The van der Waals surface area contributed by atoms with E-state index in [1.54, 1.807) is 65.7 Å². The molecule has 0 fully saturated rings. The van der Waals surface area contributed by atoms with Crippen LogP contribution < -0.4 is 0 Å². The zero-order chi connectivity index (χ0) is 25.5. The van der Waals surface area contributed by atoms with E-state index in [9.17, 15) is 0 Å². The molecule has 7 rings (SSSR count). The van der Waals surface area contributed by atoms with Gasteiger partial charge in [-0.2, -0.15) is 0 Å². The van der Waals surface area contributed by atoms with Crippen molar-refractivity contribution in [3.63, 3.8) is 0 Å². The molecule has 0 saturated carbocycles. The first kappa shape index (κ1) is 24.3. The van der Waals surface area contributed by atoms with Crippen molar-refractivity contribution in [2.75, 3.05) is 0 Å². The van der Waals surface area contributed by atoms with Crippen LogP contribution in [-0.4, -0.2) is 0 Å². The molecular weight excluding hydrogens is 470 g/mol. The molecule has 0 N–H and O–H groups in total. The summed E-state index contributed by atoms with van der Waals surface area (Å²) in [5.41, 5.74) is 12.8. The second-order valence-electron chi connectivity index (χ2n) is 11.6. The Morgan fingerprint density at radius 1 is 0.444 bits per heavy atom. The zero-order valence-corrected chi connectivity index (χ0v) is 25.0. The maximum absolute atomic E-state index is 2.46. The predicted molar refractivity (Wildman–Crippen MR) is 160 cm³/mol. The minimum atomic E-state index is -0.201. The first-order chi connectivity index (χ1) is 17.2. The summed E-state index contributed by atoms with van der Waals surface area (Å²) in [6.07, 6.45) is 2.70. The molecule has 186 valence electrons. The lowest BCUT2D eigenvalue weighted by atomic mass is 9.55. The van der Waals surface area contributed by atoms with Gasteiger partial charge in [-0.15, -0.1) is 15.1 Å². The van der Waals surface area contributed by atoms with Crippen LogP contribution in [0.5, 0.6) is 0 Å². The molecule has 4 aromatic rings. The molecule has 3 aliphatic carbocycles. The summed E-state index contributed by atoms with van der Waals surface area (Å²) in [7, 11) is -0.403. The van der Waals surface area contributed by atoms with Crippen molar-refractivity contribution >= 4 is 15.1 Å². The van der Waals surface area contributed by atoms with E-state index in [2.05, 4.69) is 104 Å². The maximum atomic E-state index is 2.46. The molecule has 0 saturated heterocycles. The van der Waals surface area contributed by atoms with Gasteiger partial charge < -0.3 is 0 Å². The highest BCUT2D eigenvalue weighted by Crippen LogP contribution is 2.64. The summed E-state index contributed by atoms with van der Waals surface area (Å²) in [6.45, 7) is 19.2. The van der Waals surface area contributed by atoms with Crippen LogP contribution in [0.4, 0.5) is 0 Å². The van der Waals surface area contributed by atoms with Gasteiger partial charge in [0.15, 0.2) is 0 Å². The van der Waals surface area contributed by atoms with E-state index in [4.69, 9.17) is 0 Å². The average Bonchev–Trinajstić information content (AvgIpc) is 3.19. The molecule has 0 amide bonds. The standard InChI is InChI=1S/C34H40P2/c1-19-20(2)24(6)35(23(19)5)17-31-32(18-36-25(7)21(3)22(4)26(36)8)34-29-15-11-9-13-27(29)33(31)28-14-10-12-16-30(28)34/h9-16,31-34H,17-18H2,1-8H3/t31-,32-,33?,34?/m0/s1. The van der Waals surface area contributed by atoms with Gasteiger partial charge in [-0.3, -0.25) is 0 Å². The zero-order valence-electron chi connectivity index (χ0n) is 23.2. The highest BCUT2D eigenvalue weighted by Gasteiger charge is 2.49. The Labute approximate surface area is 220 Å². The van der Waals surface area contributed by atoms with E-state index in [0.717, 1.165) is 0 Å². The summed E-state index contributed by atoms with van der Waals surface area (Å²) < 4.78 is 0. The summed E-state index contributed by atoms with van der Waals surface area (Å²) in [4.78, 5) is 0. The van der Waals surface area contributed by atoms with Crippen LogP contribution in [0, 0.1) is 67.2 Å². The topological polar surface area (TPSA) is 0 Å². The van der Waals surface area contributed by atoms with E-state index in [1.807, 2.05) is 0 Å². The summed E-state index contributed by atoms with van der Waals surface area (Å²) in [6, 6.07) is 19.0. The third-order valence-electron chi connectivity index (χ3n) is 10.4. The van der Waals surface area contributed by atoms with Crippen LogP contribution in [0.3, 0.4) is 0 Å². The lowest BCUT2D eigenvalue weighted by Crippen LogP contribution is -2.40. The lowest BCUT2D eigenvalue weighted by Gasteiger charge is -2.51. The molecule has 36 heavy (non-hydrogen) atoms. The van der Waals surface area contributed by atoms with Crippen LogP contribution in [0.15, 0.2) is 48.5 Å². The average molecular weight is 511 g/mol. The summed E-state index contributed by atoms with van der Waals surface area (Å²) in [5.74, 6) is 2.48.